The average Bonchev–Trinajstić information content (AvgIpc) is 2.67. The Morgan fingerprint density at radius 2 is 2.23 bits per heavy atom. The third kappa shape index (κ3) is 1.57. The van der Waals surface area contributed by atoms with Gasteiger partial charge in [-0.1, -0.05) is 6.07 Å². The van der Waals surface area contributed by atoms with Crippen LogP contribution in [0.3, 0.4) is 0 Å². The van der Waals surface area contributed by atoms with Crippen molar-refractivity contribution in [2.24, 2.45) is 0 Å². The Hall–Kier alpha value is -1.68. The van der Waals surface area contributed by atoms with Crippen molar-refractivity contribution >= 4 is 0 Å². The van der Waals surface area contributed by atoms with Gasteiger partial charge < -0.3 is 10.1 Å². The third-order valence-corrected chi connectivity index (χ3v) is 1.72. The number of rotatable bonds is 2. The summed E-state index contributed by atoms with van der Waals surface area (Å²) in [5.74, 6) is 0.556. The van der Waals surface area contributed by atoms with E-state index in [9.17, 15) is 0 Å². The summed E-state index contributed by atoms with van der Waals surface area (Å²) in [4.78, 5) is 11.1. The van der Waals surface area contributed by atoms with Crippen molar-refractivity contribution in [1.29, 1.82) is 0 Å². The summed E-state index contributed by atoms with van der Waals surface area (Å²) in [6, 6.07) is 5.64. The molecular weight excluding hydrogens is 166 g/mol. The van der Waals surface area contributed by atoms with E-state index in [4.69, 9.17) is 5.11 Å². The lowest BCUT2D eigenvalue weighted by Gasteiger charge is -1.93. The Morgan fingerprint density at radius 1 is 1.31 bits per heavy atom. The van der Waals surface area contributed by atoms with Crippen molar-refractivity contribution in [1.82, 2.24) is 15.0 Å². The summed E-state index contributed by atoms with van der Waals surface area (Å²) < 4.78 is 0. The number of aromatic amines is 1. The molecular formula is C9H9N3O. The molecule has 0 radical (unpaired) electrons. The van der Waals surface area contributed by atoms with Crippen LogP contribution in [-0.4, -0.2) is 20.1 Å². The van der Waals surface area contributed by atoms with Crippen LogP contribution in [0.2, 0.25) is 0 Å². The minimum Gasteiger partial charge on any atom is -0.388 e. The maximum atomic E-state index is 8.78. The molecule has 2 aromatic heterocycles. The lowest BCUT2D eigenvalue weighted by molar-refractivity contribution is 0.272. The number of imidazole rings is 1. The molecule has 13 heavy (non-hydrogen) atoms. The van der Waals surface area contributed by atoms with Gasteiger partial charge in [-0.2, -0.15) is 0 Å². The standard InChI is InChI=1S/C9H9N3O/c13-6-9-11-5-8(12-9)7-3-1-2-4-10-7/h1-5,13H,6H2,(H,11,12). The molecule has 2 heterocycles. The first-order valence-corrected chi connectivity index (χ1v) is 3.96. The largest absolute Gasteiger partial charge is 0.388 e. The van der Waals surface area contributed by atoms with Crippen LogP contribution in [0, 0.1) is 0 Å². The summed E-state index contributed by atoms with van der Waals surface area (Å²) in [6.45, 7) is -0.0766. The van der Waals surface area contributed by atoms with E-state index < -0.39 is 0 Å². The van der Waals surface area contributed by atoms with E-state index in [1.807, 2.05) is 18.2 Å². The Balaban J connectivity index is 2.36. The molecule has 2 rings (SSSR count). The molecule has 0 bridgehead atoms. The number of aliphatic hydroxyl groups excluding tert-OH is 1. The fourth-order valence-electron chi connectivity index (χ4n) is 1.10. The van der Waals surface area contributed by atoms with Gasteiger partial charge in [0, 0.05) is 6.20 Å². The Kier molecular flexibility index (Phi) is 2.06. The summed E-state index contributed by atoms with van der Waals surface area (Å²) in [6.07, 6.45) is 3.38. The fraction of sp³-hybridized carbons (Fsp3) is 0.111. The highest BCUT2D eigenvalue weighted by Crippen LogP contribution is 2.12. The van der Waals surface area contributed by atoms with Crippen LogP contribution >= 0.6 is 0 Å². The topological polar surface area (TPSA) is 61.8 Å². The van der Waals surface area contributed by atoms with E-state index >= 15 is 0 Å². The highest BCUT2D eigenvalue weighted by molar-refractivity contribution is 5.52. The Bertz CT molecular complexity index is 383. The second-order valence-corrected chi connectivity index (χ2v) is 2.62. The molecule has 0 aliphatic rings. The smallest absolute Gasteiger partial charge is 0.132 e. The summed E-state index contributed by atoms with van der Waals surface area (Å²) in [5.41, 5.74) is 1.65. The van der Waals surface area contributed by atoms with Crippen LogP contribution in [0.5, 0.6) is 0 Å². The van der Waals surface area contributed by atoms with Crippen LogP contribution in [0.15, 0.2) is 30.6 Å². The predicted molar refractivity (Wildman–Crippen MR) is 47.7 cm³/mol. The fourth-order valence-corrected chi connectivity index (χ4v) is 1.10. The molecule has 66 valence electrons. The first-order chi connectivity index (χ1) is 6.40. The number of aromatic nitrogens is 3. The third-order valence-electron chi connectivity index (χ3n) is 1.72. The molecule has 4 nitrogen and oxygen atoms in total. The molecule has 0 saturated heterocycles. The molecule has 0 saturated carbocycles. The van der Waals surface area contributed by atoms with Gasteiger partial charge in [-0.15, -0.1) is 0 Å². The molecule has 0 fully saturated rings. The monoisotopic (exact) mass is 175 g/mol. The first kappa shape index (κ1) is 7.94. The highest BCUT2D eigenvalue weighted by Gasteiger charge is 2.01. The van der Waals surface area contributed by atoms with Crippen LogP contribution in [-0.2, 0) is 6.61 Å². The maximum absolute atomic E-state index is 8.78. The van der Waals surface area contributed by atoms with Gasteiger partial charge in [0.1, 0.15) is 12.4 Å². The normalized spacial score (nSPS) is 10.2. The molecule has 2 aromatic rings. The molecule has 0 amide bonds. The van der Waals surface area contributed by atoms with Crippen molar-refractivity contribution in [3.05, 3.63) is 36.4 Å². The predicted octanol–water partition coefficient (Wildman–Crippen LogP) is 0.964. The van der Waals surface area contributed by atoms with Crippen LogP contribution < -0.4 is 0 Å². The minimum absolute atomic E-state index is 0.0766. The van der Waals surface area contributed by atoms with Crippen LogP contribution in [0.1, 0.15) is 5.82 Å². The van der Waals surface area contributed by atoms with E-state index in [1.54, 1.807) is 12.4 Å². The van der Waals surface area contributed by atoms with E-state index in [2.05, 4.69) is 15.0 Å². The number of nitrogens with zero attached hydrogens (tertiary/aromatic N) is 2. The summed E-state index contributed by atoms with van der Waals surface area (Å²) >= 11 is 0. The van der Waals surface area contributed by atoms with Gasteiger partial charge in [-0.25, -0.2) is 4.98 Å². The number of pyridine rings is 1. The molecule has 0 atom stereocenters. The molecule has 0 aliphatic heterocycles. The number of hydrogen-bond acceptors (Lipinski definition) is 3. The van der Waals surface area contributed by atoms with E-state index in [0.29, 0.717) is 5.82 Å². The van der Waals surface area contributed by atoms with Crippen molar-refractivity contribution in [2.75, 3.05) is 0 Å². The Morgan fingerprint density at radius 3 is 2.85 bits per heavy atom. The van der Waals surface area contributed by atoms with Crippen LogP contribution in [0.4, 0.5) is 0 Å². The maximum Gasteiger partial charge on any atom is 0.132 e. The van der Waals surface area contributed by atoms with Crippen molar-refractivity contribution < 1.29 is 5.11 Å². The second kappa shape index (κ2) is 3.37. The lowest BCUT2D eigenvalue weighted by Crippen LogP contribution is -1.85. The van der Waals surface area contributed by atoms with E-state index in [0.717, 1.165) is 11.4 Å². The molecule has 2 N–H and O–H groups in total. The van der Waals surface area contributed by atoms with Gasteiger partial charge in [0.25, 0.3) is 0 Å². The average molecular weight is 175 g/mol. The number of nitrogens with one attached hydrogen (secondary N) is 1. The molecule has 0 unspecified atom stereocenters. The number of hydrogen-bond donors (Lipinski definition) is 2. The van der Waals surface area contributed by atoms with E-state index in [-0.39, 0.29) is 6.61 Å². The van der Waals surface area contributed by atoms with Crippen molar-refractivity contribution in [3.8, 4) is 11.4 Å². The van der Waals surface area contributed by atoms with Crippen LogP contribution in [0.25, 0.3) is 11.4 Å². The molecule has 4 heteroatoms. The zero-order valence-electron chi connectivity index (χ0n) is 6.94. The molecule has 0 aromatic carbocycles. The van der Waals surface area contributed by atoms with Gasteiger partial charge >= 0.3 is 0 Å². The van der Waals surface area contributed by atoms with Gasteiger partial charge in [0.2, 0.25) is 0 Å². The zero-order valence-corrected chi connectivity index (χ0v) is 6.94. The van der Waals surface area contributed by atoms with Crippen molar-refractivity contribution in [2.45, 2.75) is 6.61 Å². The number of aliphatic hydroxyl groups is 1. The van der Waals surface area contributed by atoms with Gasteiger partial charge in [-0.3, -0.25) is 4.98 Å². The second-order valence-electron chi connectivity index (χ2n) is 2.62. The minimum atomic E-state index is -0.0766. The molecule has 0 aliphatic carbocycles. The highest BCUT2D eigenvalue weighted by atomic mass is 16.3. The van der Waals surface area contributed by atoms with Crippen molar-refractivity contribution in [3.63, 3.8) is 0 Å². The summed E-state index contributed by atoms with van der Waals surface area (Å²) in [5, 5.41) is 8.78. The number of H-pyrrole nitrogens is 1. The Labute approximate surface area is 75.3 Å². The van der Waals surface area contributed by atoms with E-state index in [1.165, 1.54) is 0 Å². The SMILES string of the molecule is OCc1ncc(-c2ccccn2)[nH]1. The summed E-state index contributed by atoms with van der Waals surface area (Å²) in [7, 11) is 0. The zero-order chi connectivity index (χ0) is 9.10. The van der Waals surface area contributed by atoms with Gasteiger partial charge in [-0.05, 0) is 12.1 Å². The molecule has 0 spiro atoms. The van der Waals surface area contributed by atoms with Gasteiger partial charge in [0.15, 0.2) is 0 Å². The lowest BCUT2D eigenvalue weighted by atomic mass is 10.3. The first-order valence-electron chi connectivity index (χ1n) is 3.96. The van der Waals surface area contributed by atoms with Gasteiger partial charge in [0.05, 0.1) is 17.6 Å². The quantitative estimate of drug-likeness (QED) is 0.714.